The fourth-order valence-corrected chi connectivity index (χ4v) is 1.84. The Morgan fingerprint density at radius 2 is 1.95 bits per heavy atom. The Bertz CT molecular complexity index is 667. The van der Waals surface area contributed by atoms with E-state index in [1.807, 2.05) is 0 Å². The highest BCUT2D eigenvalue weighted by Gasteiger charge is 2.48. The van der Waals surface area contributed by atoms with E-state index in [0.717, 1.165) is 18.2 Å². The van der Waals surface area contributed by atoms with E-state index < -0.39 is 27.3 Å². The van der Waals surface area contributed by atoms with Gasteiger partial charge in [0.25, 0.3) is 0 Å². The first kappa shape index (κ1) is 17.3. The zero-order chi connectivity index (χ0) is 16.3. The van der Waals surface area contributed by atoms with Gasteiger partial charge in [-0.25, -0.2) is 4.79 Å². The first-order valence-corrected chi connectivity index (χ1v) is 6.92. The number of alkyl halides is 3. The predicted molar refractivity (Wildman–Crippen MR) is 68.1 cm³/mol. The number of carbonyl (C=O) groups is 1. The molecule has 0 aliphatic heterocycles. The third kappa shape index (κ3) is 4.64. The van der Waals surface area contributed by atoms with E-state index in [1.54, 1.807) is 0 Å². The standard InChI is InChI=1S/C11H8ClF3O5S/c1-19-10(16)5-3-7-2-4-9(8(12)6-7)20-21(17,18)11(13,14)15/h2-6H,1H3. The van der Waals surface area contributed by atoms with E-state index in [9.17, 15) is 26.4 Å². The summed E-state index contributed by atoms with van der Waals surface area (Å²) in [6.07, 6.45) is 2.33. The van der Waals surface area contributed by atoms with Gasteiger partial charge in [0.1, 0.15) is 0 Å². The van der Waals surface area contributed by atoms with Crippen molar-refractivity contribution in [3.8, 4) is 5.75 Å². The van der Waals surface area contributed by atoms with Crippen molar-refractivity contribution in [1.29, 1.82) is 0 Å². The molecule has 0 bridgehead atoms. The zero-order valence-electron chi connectivity index (χ0n) is 10.3. The maximum absolute atomic E-state index is 12.2. The normalized spacial score (nSPS) is 12.4. The van der Waals surface area contributed by atoms with Gasteiger partial charge in [0.2, 0.25) is 0 Å². The van der Waals surface area contributed by atoms with Crippen LogP contribution in [0.1, 0.15) is 5.56 Å². The molecule has 1 aromatic rings. The van der Waals surface area contributed by atoms with Crippen LogP contribution in [0.4, 0.5) is 13.2 Å². The van der Waals surface area contributed by atoms with E-state index in [0.29, 0.717) is 5.56 Å². The summed E-state index contributed by atoms with van der Waals surface area (Å²) in [5, 5.41) is -0.366. The number of hydrogen-bond acceptors (Lipinski definition) is 5. The summed E-state index contributed by atoms with van der Waals surface area (Å²) in [7, 11) is -4.63. The van der Waals surface area contributed by atoms with Crippen molar-refractivity contribution >= 4 is 33.8 Å². The second-order valence-electron chi connectivity index (χ2n) is 3.53. The van der Waals surface area contributed by atoms with Gasteiger partial charge >= 0.3 is 21.6 Å². The largest absolute Gasteiger partial charge is 0.534 e. The molecule has 0 heterocycles. The zero-order valence-corrected chi connectivity index (χ0v) is 11.9. The molecule has 1 rings (SSSR count). The lowest BCUT2D eigenvalue weighted by atomic mass is 10.2. The molecule has 0 amide bonds. The smallest absolute Gasteiger partial charge is 0.466 e. The van der Waals surface area contributed by atoms with Gasteiger partial charge in [0.15, 0.2) is 5.75 Å². The molecular weight excluding hydrogens is 337 g/mol. The Labute approximate surface area is 123 Å². The van der Waals surface area contributed by atoms with Crippen LogP contribution >= 0.6 is 11.6 Å². The Balaban J connectivity index is 3.00. The lowest BCUT2D eigenvalue weighted by Crippen LogP contribution is -2.28. The molecule has 0 atom stereocenters. The number of hydrogen-bond donors (Lipinski definition) is 0. The van der Waals surface area contributed by atoms with Gasteiger partial charge in [0.05, 0.1) is 12.1 Å². The number of halogens is 4. The summed E-state index contributed by atoms with van der Waals surface area (Å²) < 4.78 is 66.4. The molecule has 116 valence electrons. The van der Waals surface area contributed by atoms with E-state index in [-0.39, 0.29) is 5.02 Å². The van der Waals surface area contributed by atoms with Crippen LogP contribution < -0.4 is 4.18 Å². The predicted octanol–water partition coefficient (Wildman–Crippen LogP) is 2.75. The summed E-state index contributed by atoms with van der Waals surface area (Å²) in [5.74, 6) is -1.32. The molecule has 21 heavy (non-hydrogen) atoms. The minimum absolute atomic E-state index is 0.335. The Kier molecular flexibility index (Phi) is 5.24. The van der Waals surface area contributed by atoms with Gasteiger partial charge in [-0.3, -0.25) is 0 Å². The van der Waals surface area contributed by atoms with E-state index >= 15 is 0 Å². The summed E-state index contributed by atoms with van der Waals surface area (Å²) in [6.45, 7) is 0. The highest BCUT2D eigenvalue weighted by molar-refractivity contribution is 7.88. The fourth-order valence-electron chi connectivity index (χ4n) is 1.09. The van der Waals surface area contributed by atoms with Crippen LogP contribution in [0.15, 0.2) is 24.3 Å². The van der Waals surface area contributed by atoms with Gasteiger partial charge < -0.3 is 8.92 Å². The topological polar surface area (TPSA) is 69.7 Å². The molecule has 10 heteroatoms. The van der Waals surface area contributed by atoms with Crippen molar-refractivity contribution in [1.82, 2.24) is 0 Å². The fraction of sp³-hybridized carbons (Fsp3) is 0.182. The van der Waals surface area contributed by atoms with Crippen molar-refractivity contribution < 1.29 is 35.3 Å². The second kappa shape index (κ2) is 6.35. The van der Waals surface area contributed by atoms with Crippen LogP contribution in [0.5, 0.6) is 5.75 Å². The molecule has 0 unspecified atom stereocenters. The SMILES string of the molecule is COC(=O)C=Cc1ccc(OS(=O)(=O)C(F)(F)F)c(Cl)c1. The van der Waals surface area contributed by atoms with E-state index in [1.165, 1.54) is 19.3 Å². The summed E-state index contributed by atoms with van der Waals surface area (Å²) in [4.78, 5) is 10.9. The minimum Gasteiger partial charge on any atom is -0.466 e. The van der Waals surface area contributed by atoms with Crippen LogP contribution in [0.2, 0.25) is 5.02 Å². The van der Waals surface area contributed by atoms with Gasteiger partial charge in [-0.1, -0.05) is 17.7 Å². The summed E-state index contributed by atoms with van der Waals surface area (Å²) in [5.41, 5.74) is -5.22. The molecule has 0 aliphatic rings. The van der Waals surface area contributed by atoms with Crippen molar-refractivity contribution in [2.24, 2.45) is 0 Å². The molecule has 0 N–H and O–H groups in total. The quantitative estimate of drug-likeness (QED) is 0.363. The van der Waals surface area contributed by atoms with Gasteiger partial charge in [-0.15, -0.1) is 0 Å². The third-order valence-electron chi connectivity index (χ3n) is 2.05. The highest BCUT2D eigenvalue weighted by Crippen LogP contribution is 2.32. The highest BCUT2D eigenvalue weighted by atomic mass is 35.5. The average Bonchev–Trinajstić information content (AvgIpc) is 2.37. The molecule has 0 aliphatic carbocycles. The molecule has 5 nitrogen and oxygen atoms in total. The average molecular weight is 345 g/mol. The second-order valence-corrected chi connectivity index (χ2v) is 5.47. The van der Waals surface area contributed by atoms with E-state index in [4.69, 9.17) is 11.6 Å². The lowest BCUT2D eigenvalue weighted by Gasteiger charge is -2.10. The van der Waals surface area contributed by atoms with Gasteiger partial charge in [0, 0.05) is 6.08 Å². The number of rotatable bonds is 4. The lowest BCUT2D eigenvalue weighted by molar-refractivity contribution is -0.134. The van der Waals surface area contributed by atoms with Crippen molar-refractivity contribution in [2.75, 3.05) is 7.11 Å². The molecular formula is C11H8ClF3O5S. The van der Waals surface area contributed by atoms with Crippen LogP contribution in [0.25, 0.3) is 6.08 Å². The number of benzene rings is 1. The van der Waals surface area contributed by atoms with E-state index in [2.05, 4.69) is 8.92 Å². The van der Waals surface area contributed by atoms with Crippen molar-refractivity contribution in [3.63, 3.8) is 0 Å². The Hall–Kier alpha value is -1.74. The number of carbonyl (C=O) groups excluding carboxylic acids is 1. The number of esters is 1. The maximum Gasteiger partial charge on any atom is 0.534 e. The minimum atomic E-state index is -5.79. The molecule has 0 saturated carbocycles. The van der Waals surface area contributed by atoms with Gasteiger partial charge in [-0.2, -0.15) is 21.6 Å². The molecule has 0 radical (unpaired) electrons. The van der Waals surface area contributed by atoms with Crippen LogP contribution in [-0.2, 0) is 19.6 Å². The molecule has 0 spiro atoms. The third-order valence-corrected chi connectivity index (χ3v) is 3.31. The first-order valence-electron chi connectivity index (χ1n) is 5.13. The van der Waals surface area contributed by atoms with Crippen LogP contribution in [0.3, 0.4) is 0 Å². The summed E-state index contributed by atoms with van der Waals surface area (Å²) in [6, 6.07) is 3.28. The number of methoxy groups -OCH3 is 1. The number of ether oxygens (including phenoxy) is 1. The Morgan fingerprint density at radius 1 is 1.33 bits per heavy atom. The van der Waals surface area contributed by atoms with Crippen molar-refractivity contribution in [3.05, 3.63) is 34.9 Å². The van der Waals surface area contributed by atoms with Crippen LogP contribution in [0, 0.1) is 0 Å². The molecule has 0 fully saturated rings. The monoisotopic (exact) mass is 344 g/mol. The Morgan fingerprint density at radius 3 is 2.43 bits per heavy atom. The maximum atomic E-state index is 12.2. The molecule has 0 aromatic heterocycles. The van der Waals surface area contributed by atoms with Crippen molar-refractivity contribution in [2.45, 2.75) is 5.51 Å². The molecule has 0 saturated heterocycles. The van der Waals surface area contributed by atoms with Crippen LogP contribution in [-0.4, -0.2) is 27.0 Å². The van der Waals surface area contributed by atoms with Gasteiger partial charge in [-0.05, 0) is 23.8 Å². The first-order chi connectivity index (χ1) is 9.56. The molecule has 1 aromatic carbocycles. The summed E-state index contributed by atoms with van der Waals surface area (Å²) >= 11 is 5.63.